The highest BCUT2D eigenvalue weighted by molar-refractivity contribution is 7.13. The van der Waals surface area contributed by atoms with E-state index in [1.807, 2.05) is 49.5 Å². The highest BCUT2D eigenvalue weighted by Gasteiger charge is 2.36. The quantitative estimate of drug-likeness (QED) is 0.823. The lowest BCUT2D eigenvalue weighted by Crippen LogP contribution is -2.28. The van der Waals surface area contributed by atoms with Crippen LogP contribution in [0.1, 0.15) is 17.7 Å². The number of hydrogen-bond donors (Lipinski definition) is 1. The lowest BCUT2D eigenvalue weighted by molar-refractivity contribution is -0.122. The fourth-order valence-corrected chi connectivity index (χ4v) is 3.80. The summed E-state index contributed by atoms with van der Waals surface area (Å²) in [6.45, 7) is 3.01. The molecular formula is C19H24N4O3S. The maximum Gasteiger partial charge on any atom is 0.231 e. The average Bonchev–Trinajstić information content (AvgIpc) is 3.20. The maximum atomic E-state index is 12.6. The standard InChI is InChI=1S/C19H24N4O3S/c1-12-5-6-16(26-4)15(7-12)23-9-13(8-17(23)24)18(25)21-19-20-14(11-27-19)10-22(2)3/h5-7,11,13H,8-10H2,1-4H3,(H,20,21,25). The van der Waals surface area contributed by atoms with Crippen molar-refractivity contribution < 1.29 is 14.3 Å². The lowest BCUT2D eigenvalue weighted by atomic mass is 10.1. The molecule has 1 aliphatic rings. The number of ether oxygens (including phenoxy) is 1. The number of nitrogens with one attached hydrogen (secondary N) is 1. The highest BCUT2D eigenvalue weighted by atomic mass is 32.1. The Morgan fingerprint density at radius 1 is 1.44 bits per heavy atom. The molecule has 1 atom stereocenters. The normalized spacial score (nSPS) is 16.9. The van der Waals surface area contributed by atoms with Gasteiger partial charge in [-0.25, -0.2) is 4.98 Å². The first kappa shape index (κ1) is 19.3. The predicted molar refractivity (Wildman–Crippen MR) is 106 cm³/mol. The van der Waals surface area contributed by atoms with E-state index >= 15 is 0 Å². The SMILES string of the molecule is COc1ccc(C)cc1N1CC(C(=O)Nc2nc(CN(C)C)cs2)CC1=O. The van der Waals surface area contributed by atoms with Gasteiger partial charge < -0.3 is 19.9 Å². The van der Waals surface area contributed by atoms with Crippen molar-refractivity contribution in [3.05, 3.63) is 34.8 Å². The van der Waals surface area contributed by atoms with Crippen LogP contribution in [0.3, 0.4) is 0 Å². The number of thiazole rings is 1. The van der Waals surface area contributed by atoms with E-state index in [4.69, 9.17) is 4.74 Å². The number of aryl methyl sites for hydroxylation is 1. The molecule has 1 aliphatic heterocycles. The topological polar surface area (TPSA) is 74.8 Å². The minimum atomic E-state index is -0.413. The van der Waals surface area contributed by atoms with Crippen molar-refractivity contribution >= 4 is 34.0 Å². The largest absolute Gasteiger partial charge is 0.495 e. The number of rotatable bonds is 6. The van der Waals surface area contributed by atoms with Crippen molar-refractivity contribution in [2.75, 3.05) is 38.0 Å². The van der Waals surface area contributed by atoms with Crippen molar-refractivity contribution in [1.82, 2.24) is 9.88 Å². The monoisotopic (exact) mass is 388 g/mol. The molecule has 1 fully saturated rings. The van der Waals surface area contributed by atoms with Crippen LogP contribution in [0, 0.1) is 12.8 Å². The smallest absolute Gasteiger partial charge is 0.231 e. The zero-order valence-corrected chi connectivity index (χ0v) is 16.8. The molecular weight excluding hydrogens is 364 g/mol. The van der Waals surface area contributed by atoms with Crippen LogP contribution in [0.2, 0.25) is 0 Å². The zero-order valence-electron chi connectivity index (χ0n) is 16.0. The fourth-order valence-electron chi connectivity index (χ4n) is 3.10. The first-order chi connectivity index (χ1) is 12.9. The second-order valence-electron chi connectivity index (χ2n) is 6.95. The van der Waals surface area contributed by atoms with Crippen molar-refractivity contribution in [2.24, 2.45) is 5.92 Å². The summed E-state index contributed by atoms with van der Waals surface area (Å²) in [5.41, 5.74) is 2.65. The van der Waals surface area contributed by atoms with Gasteiger partial charge in [0, 0.05) is 24.9 Å². The second kappa shape index (κ2) is 8.06. The maximum absolute atomic E-state index is 12.6. The van der Waals surface area contributed by atoms with Gasteiger partial charge >= 0.3 is 0 Å². The number of methoxy groups -OCH3 is 1. The van der Waals surface area contributed by atoms with E-state index in [1.165, 1.54) is 11.3 Å². The number of hydrogen-bond acceptors (Lipinski definition) is 6. The summed E-state index contributed by atoms with van der Waals surface area (Å²) in [5.74, 6) is -0.0399. The Bertz CT molecular complexity index is 849. The van der Waals surface area contributed by atoms with E-state index in [2.05, 4.69) is 10.3 Å². The van der Waals surface area contributed by atoms with Gasteiger partial charge in [-0.15, -0.1) is 11.3 Å². The minimum Gasteiger partial charge on any atom is -0.495 e. The van der Waals surface area contributed by atoms with Crippen LogP contribution < -0.4 is 15.0 Å². The summed E-state index contributed by atoms with van der Waals surface area (Å²) in [6, 6.07) is 5.68. The molecule has 1 aromatic heterocycles. The Morgan fingerprint density at radius 3 is 2.93 bits per heavy atom. The van der Waals surface area contributed by atoms with Gasteiger partial charge in [0.2, 0.25) is 11.8 Å². The Balaban J connectivity index is 1.69. The third kappa shape index (κ3) is 4.45. The first-order valence-corrected chi connectivity index (χ1v) is 9.60. The van der Waals surface area contributed by atoms with E-state index in [-0.39, 0.29) is 18.2 Å². The van der Waals surface area contributed by atoms with Crippen LogP contribution >= 0.6 is 11.3 Å². The van der Waals surface area contributed by atoms with E-state index < -0.39 is 5.92 Å². The predicted octanol–water partition coefficient (Wildman–Crippen LogP) is 2.51. The van der Waals surface area contributed by atoms with Gasteiger partial charge in [-0.05, 0) is 38.7 Å². The van der Waals surface area contributed by atoms with Gasteiger partial charge in [-0.3, -0.25) is 9.59 Å². The number of aromatic nitrogens is 1. The summed E-state index contributed by atoms with van der Waals surface area (Å²) in [4.78, 5) is 33.2. The molecule has 1 N–H and O–H groups in total. The van der Waals surface area contributed by atoms with Gasteiger partial charge in [0.15, 0.2) is 5.13 Å². The Hall–Kier alpha value is -2.45. The van der Waals surface area contributed by atoms with Crippen LogP contribution in [-0.2, 0) is 16.1 Å². The number of amides is 2. The molecule has 1 unspecified atom stereocenters. The van der Waals surface area contributed by atoms with Crippen LogP contribution in [0.15, 0.2) is 23.6 Å². The van der Waals surface area contributed by atoms with E-state index in [9.17, 15) is 9.59 Å². The number of anilines is 2. The molecule has 0 spiro atoms. The molecule has 2 heterocycles. The average molecular weight is 388 g/mol. The van der Waals surface area contributed by atoms with Gasteiger partial charge in [0.1, 0.15) is 5.75 Å². The lowest BCUT2D eigenvalue weighted by Gasteiger charge is -2.20. The van der Waals surface area contributed by atoms with Gasteiger partial charge in [-0.1, -0.05) is 6.07 Å². The molecule has 2 amide bonds. The fraction of sp³-hybridized carbons (Fsp3) is 0.421. The molecule has 8 heteroatoms. The summed E-state index contributed by atoms with van der Waals surface area (Å²) in [7, 11) is 5.51. The molecule has 7 nitrogen and oxygen atoms in total. The molecule has 1 saturated heterocycles. The van der Waals surface area contributed by atoms with E-state index in [0.717, 1.165) is 17.8 Å². The molecule has 0 bridgehead atoms. The highest BCUT2D eigenvalue weighted by Crippen LogP contribution is 2.34. The van der Waals surface area contributed by atoms with Crippen LogP contribution in [-0.4, -0.2) is 49.4 Å². The summed E-state index contributed by atoms with van der Waals surface area (Å²) >= 11 is 1.40. The number of nitrogens with zero attached hydrogens (tertiary/aromatic N) is 3. The van der Waals surface area contributed by atoms with Gasteiger partial charge in [0.25, 0.3) is 0 Å². The molecule has 0 aliphatic carbocycles. The van der Waals surface area contributed by atoms with Crippen molar-refractivity contribution in [1.29, 1.82) is 0 Å². The van der Waals surface area contributed by atoms with Gasteiger partial charge in [0.05, 0.1) is 24.4 Å². The Kier molecular flexibility index (Phi) is 5.76. The van der Waals surface area contributed by atoms with E-state index in [1.54, 1.807) is 12.0 Å². The zero-order chi connectivity index (χ0) is 19.6. The molecule has 0 saturated carbocycles. The van der Waals surface area contributed by atoms with Gasteiger partial charge in [-0.2, -0.15) is 0 Å². The second-order valence-corrected chi connectivity index (χ2v) is 7.81. The van der Waals surface area contributed by atoms with E-state index in [0.29, 0.717) is 23.1 Å². The third-order valence-corrected chi connectivity index (χ3v) is 5.19. The Labute approximate surface area is 162 Å². The Morgan fingerprint density at radius 2 is 2.22 bits per heavy atom. The molecule has 3 rings (SSSR count). The number of benzene rings is 1. The molecule has 2 aromatic rings. The molecule has 144 valence electrons. The summed E-state index contributed by atoms with van der Waals surface area (Å²) < 4.78 is 5.38. The van der Waals surface area contributed by atoms with Crippen molar-refractivity contribution in [3.63, 3.8) is 0 Å². The van der Waals surface area contributed by atoms with Crippen LogP contribution in [0.5, 0.6) is 5.75 Å². The summed E-state index contributed by atoms with van der Waals surface area (Å²) in [5, 5.41) is 5.35. The van der Waals surface area contributed by atoms with Crippen LogP contribution in [0.4, 0.5) is 10.8 Å². The number of carbonyl (C=O) groups excluding carboxylic acids is 2. The van der Waals surface area contributed by atoms with Crippen molar-refractivity contribution in [2.45, 2.75) is 19.9 Å². The molecule has 27 heavy (non-hydrogen) atoms. The third-order valence-electron chi connectivity index (χ3n) is 4.38. The minimum absolute atomic E-state index is 0.0773. The molecule has 1 aromatic carbocycles. The number of carbonyl (C=O) groups is 2. The summed E-state index contributed by atoms with van der Waals surface area (Å²) in [6.07, 6.45) is 0.179. The first-order valence-electron chi connectivity index (χ1n) is 8.72. The molecule has 0 radical (unpaired) electrons. The van der Waals surface area contributed by atoms with Crippen LogP contribution in [0.25, 0.3) is 0 Å². The van der Waals surface area contributed by atoms with Crippen molar-refractivity contribution in [3.8, 4) is 5.75 Å².